The quantitative estimate of drug-likeness (QED) is 0.743. The van der Waals surface area contributed by atoms with Crippen LogP contribution in [0.25, 0.3) is 10.9 Å². The van der Waals surface area contributed by atoms with Crippen molar-refractivity contribution in [1.82, 2.24) is 19.0 Å². The van der Waals surface area contributed by atoms with Crippen molar-refractivity contribution in [2.75, 3.05) is 0 Å². The lowest BCUT2D eigenvalue weighted by Gasteiger charge is -2.26. The summed E-state index contributed by atoms with van der Waals surface area (Å²) in [4.78, 5) is 19.3. The van der Waals surface area contributed by atoms with Gasteiger partial charge >= 0.3 is 0 Å². The number of imidazole rings is 1. The summed E-state index contributed by atoms with van der Waals surface area (Å²) < 4.78 is 3.95. The van der Waals surface area contributed by atoms with Crippen LogP contribution in [-0.2, 0) is 20.6 Å². The first-order valence-corrected chi connectivity index (χ1v) is 7.80. The maximum atomic E-state index is 13.1. The van der Waals surface area contributed by atoms with Gasteiger partial charge in [0.05, 0.1) is 12.1 Å². The normalized spacial score (nSPS) is 11.3. The SMILES string of the molecule is CC(C)N(Cc1nccn1C)C(=O)c1cn(C)c2ccccc12. The van der Waals surface area contributed by atoms with Gasteiger partial charge in [0.1, 0.15) is 5.82 Å². The molecule has 0 atom stereocenters. The molecule has 2 heterocycles. The van der Waals surface area contributed by atoms with Gasteiger partial charge in [-0.1, -0.05) is 18.2 Å². The minimum absolute atomic E-state index is 0.0415. The number of carbonyl (C=O) groups excluding carboxylic acids is 1. The van der Waals surface area contributed by atoms with E-state index in [1.807, 2.05) is 78.6 Å². The number of aromatic nitrogens is 3. The van der Waals surface area contributed by atoms with Gasteiger partial charge < -0.3 is 14.0 Å². The average Bonchev–Trinajstić information content (AvgIpc) is 3.08. The van der Waals surface area contributed by atoms with Gasteiger partial charge in [0.15, 0.2) is 0 Å². The van der Waals surface area contributed by atoms with Crippen LogP contribution in [0.4, 0.5) is 0 Å². The Morgan fingerprint density at radius 1 is 1.22 bits per heavy atom. The molecule has 0 aliphatic carbocycles. The number of amides is 1. The van der Waals surface area contributed by atoms with Crippen LogP contribution >= 0.6 is 0 Å². The van der Waals surface area contributed by atoms with Crippen molar-refractivity contribution in [2.45, 2.75) is 26.4 Å². The Labute approximate surface area is 136 Å². The van der Waals surface area contributed by atoms with Gasteiger partial charge in [0.25, 0.3) is 5.91 Å². The molecule has 0 aliphatic heterocycles. The molecule has 0 bridgehead atoms. The molecule has 1 amide bonds. The molecule has 3 aromatic rings. The Morgan fingerprint density at radius 2 is 1.96 bits per heavy atom. The summed E-state index contributed by atoms with van der Waals surface area (Å²) in [5, 5.41) is 0.991. The number of benzene rings is 1. The zero-order chi connectivity index (χ0) is 16.6. The molecule has 1 aromatic carbocycles. The summed E-state index contributed by atoms with van der Waals surface area (Å²) >= 11 is 0. The van der Waals surface area contributed by atoms with E-state index in [4.69, 9.17) is 0 Å². The molecule has 0 saturated carbocycles. The van der Waals surface area contributed by atoms with Crippen LogP contribution in [0, 0.1) is 0 Å². The first-order chi connectivity index (χ1) is 11.0. The lowest BCUT2D eigenvalue weighted by molar-refractivity contribution is 0.0685. The fourth-order valence-electron chi connectivity index (χ4n) is 2.86. The number of fused-ring (bicyclic) bond motifs is 1. The highest BCUT2D eigenvalue weighted by Gasteiger charge is 2.23. The van der Waals surface area contributed by atoms with E-state index in [0.717, 1.165) is 22.3 Å². The minimum Gasteiger partial charge on any atom is -0.350 e. The highest BCUT2D eigenvalue weighted by atomic mass is 16.2. The first kappa shape index (κ1) is 15.3. The molecule has 5 heteroatoms. The number of carbonyl (C=O) groups is 1. The van der Waals surface area contributed by atoms with E-state index in [1.54, 1.807) is 6.20 Å². The number of hydrogen-bond acceptors (Lipinski definition) is 2. The molecular formula is C18H22N4O. The van der Waals surface area contributed by atoms with E-state index in [9.17, 15) is 4.79 Å². The van der Waals surface area contributed by atoms with Crippen molar-refractivity contribution >= 4 is 16.8 Å². The van der Waals surface area contributed by atoms with Crippen molar-refractivity contribution < 1.29 is 4.79 Å². The zero-order valence-corrected chi connectivity index (χ0v) is 14.0. The molecule has 0 aliphatic rings. The van der Waals surface area contributed by atoms with E-state index in [-0.39, 0.29) is 11.9 Å². The molecular weight excluding hydrogens is 288 g/mol. The summed E-state index contributed by atoms with van der Waals surface area (Å²) in [6.07, 6.45) is 5.58. The van der Waals surface area contributed by atoms with Crippen LogP contribution in [0.2, 0.25) is 0 Å². The van der Waals surface area contributed by atoms with Gasteiger partial charge in [0.2, 0.25) is 0 Å². The highest BCUT2D eigenvalue weighted by molar-refractivity contribution is 6.07. The minimum atomic E-state index is 0.0415. The standard InChI is InChI=1S/C18H22N4O/c1-13(2)22(12-17-19-9-10-20(17)3)18(23)15-11-21(4)16-8-6-5-7-14(15)16/h5-11,13H,12H2,1-4H3. The van der Waals surface area contributed by atoms with Crippen molar-refractivity contribution in [1.29, 1.82) is 0 Å². The topological polar surface area (TPSA) is 43.1 Å². The van der Waals surface area contributed by atoms with E-state index in [1.165, 1.54) is 0 Å². The summed E-state index contributed by atoms with van der Waals surface area (Å²) in [6, 6.07) is 8.09. The summed E-state index contributed by atoms with van der Waals surface area (Å²) in [5.74, 6) is 0.923. The molecule has 0 fully saturated rings. The number of aryl methyl sites for hydroxylation is 2. The van der Waals surface area contributed by atoms with Gasteiger partial charge in [-0.15, -0.1) is 0 Å². The molecule has 0 spiro atoms. The predicted molar refractivity (Wildman–Crippen MR) is 91.1 cm³/mol. The lowest BCUT2D eigenvalue weighted by Crippen LogP contribution is -2.37. The summed E-state index contributed by atoms with van der Waals surface area (Å²) in [7, 11) is 3.92. The number of rotatable bonds is 4. The van der Waals surface area contributed by atoms with Crippen molar-refractivity contribution in [3.63, 3.8) is 0 Å². The second-order valence-electron chi connectivity index (χ2n) is 6.15. The maximum absolute atomic E-state index is 13.1. The molecule has 120 valence electrons. The van der Waals surface area contributed by atoms with Gasteiger partial charge in [-0.2, -0.15) is 0 Å². The molecule has 0 saturated heterocycles. The lowest BCUT2D eigenvalue weighted by atomic mass is 10.1. The number of nitrogens with zero attached hydrogens (tertiary/aromatic N) is 4. The van der Waals surface area contributed by atoms with E-state index < -0.39 is 0 Å². The van der Waals surface area contributed by atoms with Crippen molar-refractivity contribution in [3.05, 3.63) is 54.2 Å². The number of hydrogen-bond donors (Lipinski definition) is 0. The summed E-state index contributed by atoms with van der Waals surface area (Å²) in [5.41, 5.74) is 1.81. The Hall–Kier alpha value is -2.56. The molecule has 0 N–H and O–H groups in total. The Balaban J connectivity index is 1.99. The maximum Gasteiger partial charge on any atom is 0.256 e. The first-order valence-electron chi connectivity index (χ1n) is 7.80. The molecule has 5 nitrogen and oxygen atoms in total. The van der Waals surface area contributed by atoms with E-state index in [2.05, 4.69) is 4.98 Å². The average molecular weight is 310 g/mol. The fourth-order valence-corrected chi connectivity index (χ4v) is 2.86. The van der Waals surface area contributed by atoms with Crippen LogP contribution in [-0.4, -0.2) is 31.0 Å². The molecule has 3 rings (SSSR count). The smallest absolute Gasteiger partial charge is 0.256 e. The van der Waals surface area contributed by atoms with Crippen LogP contribution in [0.1, 0.15) is 30.0 Å². The second-order valence-corrected chi connectivity index (χ2v) is 6.15. The zero-order valence-electron chi connectivity index (χ0n) is 14.0. The monoisotopic (exact) mass is 310 g/mol. The van der Waals surface area contributed by atoms with E-state index in [0.29, 0.717) is 6.54 Å². The van der Waals surface area contributed by atoms with E-state index >= 15 is 0 Å². The highest BCUT2D eigenvalue weighted by Crippen LogP contribution is 2.23. The second kappa shape index (κ2) is 5.91. The third kappa shape index (κ3) is 2.74. The molecule has 0 unspecified atom stereocenters. The van der Waals surface area contributed by atoms with Crippen LogP contribution < -0.4 is 0 Å². The van der Waals surface area contributed by atoms with Gasteiger partial charge in [0, 0.05) is 49.6 Å². The van der Waals surface area contributed by atoms with Crippen molar-refractivity contribution in [2.24, 2.45) is 14.1 Å². The predicted octanol–water partition coefficient (Wildman–Crippen LogP) is 2.96. The Kier molecular flexibility index (Phi) is 3.94. The van der Waals surface area contributed by atoms with Crippen LogP contribution in [0.5, 0.6) is 0 Å². The van der Waals surface area contributed by atoms with Gasteiger partial charge in [-0.25, -0.2) is 4.98 Å². The van der Waals surface area contributed by atoms with Crippen LogP contribution in [0.3, 0.4) is 0 Å². The van der Waals surface area contributed by atoms with Crippen LogP contribution in [0.15, 0.2) is 42.9 Å². The fraction of sp³-hybridized carbons (Fsp3) is 0.333. The Morgan fingerprint density at radius 3 is 2.61 bits per heavy atom. The van der Waals surface area contributed by atoms with Crippen molar-refractivity contribution in [3.8, 4) is 0 Å². The third-order valence-corrected chi connectivity index (χ3v) is 4.24. The third-order valence-electron chi connectivity index (χ3n) is 4.24. The summed E-state index contributed by atoms with van der Waals surface area (Å²) in [6.45, 7) is 4.57. The number of para-hydroxylation sites is 1. The van der Waals surface area contributed by atoms with Gasteiger partial charge in [-0.3, -0.25) is 4.79 Å². The molecule has 0 radical (unpaired) electrons. The molecule has 2 aromatic heterocycles. The van der Waals surface area contributed by atoms with Gasteiger partial charge in [-0.05, 0) is 19.9 Å². The Bertz CT molecular complexity index is 844. The largest absolute Gasteiger partial charge is 0.350 e. The molecule has 23 heavy (non-hydrogen) atoms.